The zero-order valence-electron chi connectivity index (χ0n) is 12.9. The standard InChI is InChI=1S/C17H27NO/c1-14-8-7-9-15(17(2,3)4)16(14)19-13-12-18-10-5-6-11-18/h7-9H,5-6,10-13H2,1-4H3/p+1. The molecule has 2 rings (SSSR count). The molecule has 1 saturated heterocycles. The molecule has 1 aromatic rings. The lowest BCUT2D eigenvalue weighted by Gasteiger charge is -2.24. The Hall–Kier alpha value is -1.02. The summed E-state index contributed by atoms with van der Waals surface area (Å²) in [7, 11) is 0. The smallest absolute Gasteiger partial charge is 0.137 e. The average Bonchev–Trinajstić information content (AvgIpc) is 2.82. The molecule has 1 N–H and O–H groups in total. The van der Waals surface area contributed by atoms with Crippen LogP contribution in [-0.4, -0.2) is 26.2 Å². The summed E-state index contributed by atoms with van der Waals surface area (Å²) in [6.07, 6.45) is 2.76. The summed E-state index contributed by atoms with van der Waals surface area (Å²) >= 11 is 0. The van der Waals surface area contributed by atoms with Gasteiger partial charge in [0.25, 0.3) is 0 Å². The van der Waals surface area contributed by atoms with Crippen LogP contribution in [0.25, 0.3) is 0 Å². The molecule has 106 valence electrons. The number of nitrogens with one attached hydrogen (secondary N) is 1. The summed E-state index contributed by atoms with van der Waals surface area (Å²) in [6.45, 7) is 13.5. The molecule has 0 aliphatic carbocycles. The first-order chi connectivity index (χ1) is 8.98. The Labute approximate surface area is 117 Å². The summed E-state index contributed by atoms with van der Waals surface area (Å²) in [5.41, 5.74) is 2.72. The summed E-state index contributed by atoms with van der Waals surface area (Å²) in [5, 5.41) is 0. The first-order valence-electron chi connectivity index (χ1n) is 7.55. The topological polar surface area (TPSA) is 13.7 Å². The minimum absolute atomic E-state index is 0.141. The van der Waals surface area contributed by atoms with Gasteiger partial charge in [0.05, 0.1) is 13.1 Å². The second-order valence-electron chi connectivity index (χ2n) is 6.76. The Kier molecular flexibility index (Phi) is 4.51. The van der Waals surface area contributed by atoms with E-state index < -0.39 is 0 Å². The lowest BCUT2D eigenvalue weighted by atomic mass is 9.85. The fourth-order valence-electron chi connectivity index (χ4n) is 2.86. The van der Waals surface area contributed by atoms with Crippen molar-refractivity contribution in [3.05, 3.63) is 29.3 Å². The molecule has 1 aromatic carbocycles. The van der Waals surface area contributed by atoms with Crippen molar-refractivity contribution in [2.24, 2.45) is 0 Å². The normalized spacial score (nSPS) is 16.8. The quantitative estimate of drug-likeness (QED) is 0.879. The number of aryl methyl sites for hydroxylation is 1. The molecule has 0 radical (unpaired) electrons. The largest absolute Gasteiger partial charge is 0.487 e. The van der Waals surface area contributed by atoms with Crippen molar-refractivity contribution in [3.63, 3.8) is 0 Å². The Bertz CT molecular complexity index is 414. The van der Waals surface area contributed by atoms with Crippen molar-refractivity contribution >= 4 is 0 Å². The monoisotopic (exact) mass is 262 g/mol. The summed E-state index contributed by atoms with van der Waals surface area (Å²) in [4.78, 5) is 1.70. The number of hydrogen-bond acceptors (Lipinski definition) is 1. The fourth-order valence-corrected chi connectivity index (χ4v) is 2.86. The van der Waals surface area contributed by atoms with Gasteiger partial charge in [0.15, 0.2) is 0 Å². The number of hydrogen-bond donors (Lipinski definition) is 1. The van der Waals surface area contributed by atoms with E-state index >= 15 is 0 Å². The fraction of sp³-hybridized carbons (Fsp3) is 0.647. The van der Waals surface area contributed by atoms with Crippen LogP contribution in [0.5, 0.6) is 5.75 Å². The molecular weight excluding hydrogens is 234 g/mol. The molecule has 1 aliphatic heterocycles. The van der Waals surface area contributed by atoms with Crippen molar-refractivity contribution in [1.82, 2.24) is 0 Å². The molecule has 0 aromatic heterocycles. The average molecular weight is 262 g/mol. The van der Waals surface area contributed by atoms with Crippen LogP contribution in [0.2, 0.25) is 0 Å². The van der Waals surface area contributed by atoms with E-state index in [1.165, 1.54) is 37.1 Å². The van der Waals surface area contributed by atoms with Gasteiger partial charge in [-0.15, -0.1) is 0 Å². The highest BCUT2D eigenvalue weighted by Crippen LogP contribution is 2.33. The Balaban J connectivity index is 2.02. The molecule has 2 nitrogen and oxygen atoms in total. The molecule has 0 amide bonds. The van der Waals surface area contributed by atoms with Gasteiger partial charge in [-0.25, -0.2) is 0 Å². The van der Waals surface area contributed by atoms with Gasteiger partial charge >= 0.3 is 0 Å². The molecule has 0 bridgehead atoms. The van der Waals surface area contributed by atoms with E-state index in [4.69, 9.17) is 4.74 Å². The molecule has 0 atom stereocenters. The number of benzene rings is 1. The van der Waals surface area contributed by atoms with E-state index in [1.54, 1.807) is 4.90 Å². The lowest BCUT2D eigenvalue weighted by molar-refractivity contribution is -0.887. The van der Waals surface area contributed by atoms with Crippen LogP contribution in [0.1, 0.15) is 44.7 Å². The van der Waals surface area contributed by atoms with Crippen molar-refractivity contribution in [3.8, 4) is 5.75 Å². The predicted molar refractivity (Wildman–Crippen MR) is 80.2 cm³/mol. The molecule has 19 heavy (non-hydrogen) atoms. The van der Waals surface area contributed by atoms with Gasteiger partial charge in [0, 0.05) is 12.8 Å². The van der Waals surface area contributed by atoms with Gasteiger partial charge in [0.1, 0.15) is 18.9 Å². The van der Waals surface area contributed by atoms with E-state index in [9.17, 15) is 0 Å². The van der Waals surface area contributed by atoms with E-state index in [-0.39, 0.29) is 5.41 Å². The molecule has 1 fully saturated rings. The van der Waals surface area contributed by atoms with Crippen LogP contribution in [0.3, 0.4) is 0 Å². The van der Waals surface area contributed by atoms with Gasteiger partial charge < -0.3 is 9.64 Å². The van der Waals surface area contributed by atoms with Crippen LogP contribution in [0, 0.1) is 6.92 Å². The Morgan fingerprint density at radius 1 is 1.16 bits per heavy atom. The van der Waals surface area contributed by atoms with Crippen molar-refractivity contribution in [2.75, 3.05) is 26.2 Å². The summed E-state index contributed by atoms with van der Waals surface area (Å²) in [5.74, 6) is 1.11. The third kappa shape index (κ3) is 3.73. The molecule has 2 heteroatoms. The molecule has 0 saturated carbocycles. The Morgan fingerprint density at radius 2 is 1.84 bits per heavy atom. The van der Waals surface area contributed by atoms with Crippen LogP contribution in [-0.2, 0) is 5.41 Å². The maximum Gasteiger partial charge on any atom is 0.137 e. The van der Waals surface area contributed by atoms with Gasteiger partial charge in [-0.1, -0.05) is 39.0 Å². The Morgan fingerprint density at radius 3 is 2.47 bits per heavy atom. The van der Waals surface area contributed by atoms with Crippen LogP contribution >= 0.6 is 0 Å². The number of para-hydroxylation sites is 1. The molecular formula is C17H28NO+. The number of ether oxygens (including phenoxy) is 1. The van der Waals surface area contributed by atoms with E-state index in [0.717, 1.165) is 18.9 Å². The summed E-state index contributed by atoms with van der Waals surface area (Å²) in [6, 6.07) is 6.48. The maximum atomic E-state index is 6.14. The number of rotatable bonds is 4. The highest BCUT2D eigenvalue weighted by Gasteiger charge is 2.21. The third-order valence-electron chi connectivity index (χ3n) is 4.03. The SMILES string of the molecule is Cc1cccc(C(C)(C)C)c1OCC[NH+]1CCCC1. The second-order valence-corrected chi connectivity index (χ2v) is 6.76. The lowest BCUT2D eigenvalue weighted by Crippen LogP contribution is -3.10. The summed E-state index contributed by atoms with van der Waals surface area (Å²) < 4.78 is 6.14. The second kappa shape index (κ2) is 5.96. The van der Waals surface area contributed by atoms with Crippen molar-refractivity contribution in [1.29, 1.82) is 0 Å². The zero-order valence-corrected chi connectivity index (χ0v) is 12.9. The molecule has 1 heterocycles. The van der Waals surface area contributed by atoms with E-state index in [1.807, 2.05) is 0 Å². The van der Waals surface area contributed by atoms with Gasteiger partial charge in [0.2, 0.25) is 0 Å². The molecule has 0 spiro atoms. The molecule has 0 unspecified atom stereocenters. The van der Waals surface area contributed by atoms with Crippen molar-refractivity contribution < 1.29 is 9.64 Å². The van der Waals surface area contributed by atoms with E-state index in [2.05, 4.69) is 45.9 Å². The minimum atomic E-state index is 0.141. The first-order valence-corrected chi connectivity index (χ1v) is 7.55. The van der Waals surface area contributed by atoms with E-state index in [0.29, 0.717) is 0 Å². The number of likely N-dealkylation sites (tertiary alicyclic amines) is 1. The van der Waals surface area contributed by atoms with Crippen molar-refractivity contribution in [2.45, 2.75) is 46.0 Å². The number of quaternary nitrogens is 1. The van der Waals surface area contributed by atoms with Crippen LogP contribution in [0.15, 0.2) is 18.2 Å². The molecule has 1 aliphatic rings. The predicted octanol–water partition coefficient (Wildman–Crippen LogP) is 2.35. The van der Waals surface area contributed by atoms with Gasteiger partial charge in [-0.2, -0.15) is 0 Å². The zero-order chi connectivity index (χ0) is 13.9. The van der Waals surface area contributed by atoms with Gasteiger partial charge in [-0.05, 0) is 23.5 Å². The first kappa shape index (κ1) is 14.4. The van der Waals surface area contributed by atoms with Crippen LogP contribution < -0.4 is 9.64 Å². The third-order valence-corrected chi connectivity index (χ3v) is 4.03. The highest BCUT2D eigenvalue weighted by atomic mass is 16.5. The highest BCUT2D eigenvalue weighted by molar-refractivity contribution is 5.44. The van der Waals surface area contributed by atoms with Crippen LogP contribution in [0.4, 0.5) is 0 Å². The maximum absolute atomic E-state index is 6.14. The van der Waals surface area contributed by atoms with Gasteiger partial charge in [-0.3, -0.25) is 0 Å². The minimum Gasteiger partial charge on any atom is -0.487 e.